The summed E-state index contributed by atoms with van der Waals surface area (Å²) in [5.74, 6) is 0.913. The third-order valence-corrected chi connectivity index (χ3v) is 6.22. The molecule has 28 heavy (non-hydrogen) atoms. The van der Waals surface area contributed by atoms with Gasteiger partial charge in [0.25, 0.3) is 0 Å². The van der Waals surface area contributed by atoms with Crippen molar-refractivity contribution < 1.29 is 4.74 Å². The van der Waals surface area contributed by atoms with Crippen molar-refractivity contribution in [2.45, 2.75) is 43.8 Å². The fraction of sp³-hybridized carbons (Fsp3) is 0.714. The lowest BCUT2D eigenvalue weighted by Gasteiger charge is -2.43. The Kier molecular flexibility index (Phi) is 7.65. The normalized spacial score (nSPS) is 21.6. The number of likely N-dealkylation sites (N-methyl/N-ethyl adjacent to an activating group) is 1. The van der Waals surface area contributed by atoms with Gasteiger partial charge in [-0.25, -0.2) is 0 Å². The van der Waals surface area contributed by atoms with Crippen molar-refractivity contribution in [1.82, 2.24) is 25.4 Å². The van der Waals surface area contributed by atoms with Crippen LogP contribution in [0.15, 0.2) is 29.4 Å². The molecule has 1 aromatic rings. The predicted molar refractivity (Wildman–Crippen MR) is 114 cm³/mol. The van der Waals surface area contributed by atoms with Gasteiger partial charge in [-0.05, 0) is 51.9 Å². The van der Waals surface area contributed by atoms with Crippen molar-refractivity contribution in [2.75, 3.05) is 54.0 Å². The molecular weight excluding hydrogens is 352 g/mol. The highest BCUT2D eigenvalue weighted by Gasteiger charge is 2.35. The molecule has 0 atom stereocenters. The number of aliphatic imine (C=N–C) groups is 1. The molecule has 0 bridgehead atoms. The molecule has 0 aliphatic carbocycles. The first-order chi connectivity index (χ1) is 13.6. The van der Waals surface area contributed by atoms with Gasteiger partial charge in [0.2, 0.25) is 0 Å². The summed E-state index contributed by atoms with van der Waals surface area (Å²) in [6, 6.07) is 6.60. The van der Waals surface area contributed by atoms with E-state index >= 15 is 0 Å². The minimum absolute atomic E-state index is 0.141. The number of pyridine rings is 1. The number of guanidine groups is 1. The third-order valence-electron chi connectivity index (χ3n) is 6.22. The number of hydrogen-bond acceptors (Lipinski definition) is 5. The highest BCUT2D eigenvalue weighted by Crippen LogP contribution is 2.25. The molecule has 156 valence electrons. The number of aromatic nitrogens is 1. The van der Waals surface area contributed by atoms with Crippen LogP contribution in [0.3, 0.4) is 0 Å². The number of ether oxygens (including phenoxy) is 1. The molecule has 2 saturated heterocycles. The summed E-state index contributed by atoms with van der Waals surface area (Å²) < 4.78 is 5.57. The van der Waals surface area contributed by atoms with Crippen LogP contribution in [0, 0.1) is 0 Å². The zero-order valence-electron chi connectivity index (χ0n) is 17.7. The van der Waals surface area contributed by atoms with Crippen molar-refractivity contribution in [3.8, 4) is 0 Å². The molecule has 3 rings (SSSR count). The van der Waals surface area contributed by atoms with Crippen molar-refractivity contribution in [2.24, 2.45) is 4.99 Å². The van der Waals surface area contributed by atoms with Gasteiger partial charge in [-0.1, -0.05) is 6.07 Å². The number of rotatable bonds is 6. The van der Waals surface area contributed by atoms with Crippen molar-refractivity contribution in [1.29, 1.82) is 0 Å². The molecule has 2 N–H and O–H groups in total. The predicted octanol–water partition coefficient (Wildman–Crippen LogP) is 1.32. The molecule has 1 aromatic heterocycles. The largest absolute Gasteiger partial charge is 0.381 e. The van der Waals surface area contributed by atoms with Crippen LogP contribution in [0.4, 0.5) is 0 Å². The maximum absolute atomic E-state index is 5.57. The van der Waals surface area contributed by atoms with Crippen molar-refractivity contribution >= 4 is 5.96 Å². The SMILES string of the molecule is CN=C(NCC1(N(C)C)CCOCC1)NC1CCN(Cc2ccccn2)CC1. The van der Waals surface area contributed by atoms with Gasteiger partial charge < -0.3 is 20.3 Å². The maximum Gasteiger partial charge on any atom is 0.191 e. The van der Waals surface area contributed by atoms with Crippen LogP contribution in [0.2, 0.25) is 0 Å². The van der Waals surface area contributed by atoms with Gasteiger partial charge in [0.05, 0.1) is 5.69 Å². The molecule has 0 amide bonds. The number of hydrogen-bond donors (Lipinski definition) is 2. The first-order valence-corrected chi connectivity index (χ1v) is 10.5. The van der Waals surface area contributed by atoms with E-state index in [4.69, 9.17) is 4.74 Å². The Morgan fingerprint density at radius 2 is 2.04 bits per heavy atom. The van der Waals surface area contributed by atoms with E-state index in [-0.39, 0.29) is 5.54 Å². The molecule has 0 aromatic carbocycles. The second kappa shape index (κ2) is 10.2. The zero-order valence-corrected chi connectivity index (χ0v) is 17.7. The lowest BCUT2D eigenvalue weighted by Crippen LogP contribution is -2.58. The van der Waals surface area contributed by atoms with E-state index in [1.807, 2.05) is 19.3 Å². The van der Waals surface area contributed by atoms with Crippen LogP contribution in [-0.2, 0) is 11.3 Å². The highest BCUT2D eigenvalue weighted by molar-refractivity contribution is 5.80. The first-order valence-electron chi connectivity index (χ1n) is 10.5. The minimum Gasteiger partial charge on any atom is -0.381 e. The zero-order chi connectivity index (χ0) is 19.8. The van der Waals surface area contributed by atoms with Gasteiger partial charge in [-0.3, -0.25) is 14.9 Å². The van der Waals surface area contributed by atoms with Crippen LogP contribution in [0.1, 0.15) is 31.4 Å². The maximum atomic E-state index is 5.57. The van der Waals surface area contributed by atoms with Gasteiger partial charge in [0, 0.05) is 64.2 Å². The Morgan fingerprint density at radius 1 is 1.29 bits per heavy atom. The summed E-state index contributed by atoms with van der Waals surface area (Å²) >= 11 is 0. The van der Waals surface area contributed by atoms with Crippen LogP contribution >= 0.6 is 0 Å². The summed E-state index contributed by atoms with van der Waals surface area (Å²) in [5, 5.41) is 7.21. The monoisotopic (exact) mass is 388 g/mol. The van der Waals surface area contributed by atoms with E-state index in [0.717, 1.165) is 76.7 Å². The smallest absolute Gasteiger partial charge is 0.191 e. The average molecular weight is 389 g/mol. The second-order valence-corrected chi connectivity index (χ2v) is 8.17. The third kappa shape index (κ3) is 5.65. The Morgan fingerprint density at radius 3 is 2.64 bits per heavy atom. The van der Waals surface area contributed by atoms with Gasteiger partial charge in [0.15, 0.2) is 5.96 Å². The van der Waals surface area contributed by atoms with Crippen LogP contribution < -0.4 is 10.6 Å². The topological polar surface area (TPSA) is 65.0 Å². The van der Waals surface area contributed by atoms with Crippen LogP contribution in [0.25, 0.3) is 0 Å². The first kappa shape index (κ1) is 21.0. The quantitative estimate of drug-likeness (QED) is 0.566. The molecule has 2 aliphatic rings. The Bertz CT molecular complexity index is 607. The molecule has 0 radical (unpaired) electrons. The van der Waals surface area contributed by atoms with E-state index in [1.54, 1.807) is 0 Å². The summed E-state index contributed by atoms with van der Waals surface area (Å²) in [4.78, 5) is 13.7. The summed E-state index contributed by atoms with van der Waals surface area (Å²) in [6.45, 7) is 5.67. The van der Waals surface area contributed by atoms with Gasteiger partial charge in [-0.15, -0.1) is 0 Å². The molecular formula is C21H36N6O. The number of likely N-dealkylation sites (tertiary alicyclic amines) is 1. The highest BCUT2D eigenvalue weighted by atomic mass is 16.5. The van der Waals surface area contributed by atoms with Gasteiger partial charge >= 0.3 is 0 Å². The van der Waals surface area contributed by atoms with Crippen LogP contribution in [0.5, 0.6) is 0 Å². The second-order valence-electron chi connectivity index (χ2n) is 8.17. The average Bonchev–Trinajstić information content (AvgIpc) is 2.73. The van der Waals surface area contributed by atoms with Crippen molar-refractivity contribution in [3.05, 3.63) is 30.1 Å². The summed E-state index contributed by atoms with van der Waals surface area (Å²) in [7, 11) is 6.19. The van der Waals surface area contributed by atoms with E-state index in [2.05, 4.69) is 56.6 Å². The molecule has 0 saturated carbocycles. The molecule has 2 fully saturated rings. The number of nitrogens with zero attached hydrogens (tertiary/aromatic N) is 4. The number of piperidine rings is 1. The molecule has 0 spiro atoms. The Balaban J connectivity index is 1.44. The van der Waals surface area contributed by atoms with Crippen LogP contribution in [-0.4, -0.2) is 86.3 Å². The molecule has 7 nitrogen and oxygen atoms in total. The minimum atomic E-state index is 0.141. The summed E-state index contributed by atoms with van der Waals surface area (Å²) in [6.07, 6.45) is 6.23. The van der Waals surface area contributed by atoms with Crippen molar-refractivity contribution in [3.63, 3.8) is 0 Å². The molecule has 0 unspecified atom stereocenters. The van der Waals surface area contributed by atoms with Gasteiger partial charge in [0.1, 0.15) is 0 Å². The number of nitrogens with one attached hydrogen (secondary N) is 2. The Hall–Kier alpha value is -1.70. The fourth-order valence-electron chi connectivity index (χ4n) is 4.13. The van der Waals surface area contributed by atoms with E-state index in [9.17, 15) is 0 Å². The Labute approximate surface area is 169 Å². The van der Waals surface area contributed by atoms with E-state index in [0.29, 0.717) is 6.04 Å². The lowest BCUT2D eigenvalue weighted by molar-refractivity contribution is -0.00504. The molecule has 2 aliphatic heterocycles. The summed E-state index contributed by atoms with van der Waals surface area (Å²) in [5.41, 5.74) is 1.29. The van der Waals surface area contributed by atoms with E-state index in [1.165, 1.54) is 0 Å². The molecule has 7 heteroatoms. The standard InChI is InChI=1S/C21H36N6O/c1-22-20(24-17-21(26(2)3)9-14-28-15-10-21)25-18-7-12-27(13-8-18)16-19-6-4-5-11-23-19/h4-6,11,18H,7-10,12-17H2,1-3H3,(H2,22,24,25). The van der Waals surface area contributed by atoms with E-state index < -0.39 is 0 Å². The fourth-order valence-corrected chi connectivity index (χ4v) is 4.13. The molecule has 3 heterocycles. The lowest BCUT2D eigenvalue weighted by atomic mass is 9.88. The van der Waals surface area contributed by atoms with Gasteiger partial charge in [-0.2, -0.15) is 0 Å².